The van der Waals surface area contributed by atoms with Gasteiger partial charge in [-0.3, -0.25) is 0 Å². The molecule has 0 amide bonds. The second-order valence-corrected chi connectivity index (χ2v) is 4.19. The van der Waals surface area contributed by atoms with Crippen LogP contribution in [-0.4, -0.2) is 35.8 Å². The standard InChI is InChI=1S/C9H21NOS/c1-3-9(8-11)10-6-5-7-12-4-2/h9-11H,3-8H2,1-2H3/t9-/m0/s1. The Kier molecular flexibility index (Phi) is 9.57. The topological polar surface area (TPSA) is 32.3 Å². The molecule has 74 valence electrons. The number of nitrogens with one attached hydrogen (secondary N) is 1. The van der Waals surface area contributed by atoms with Gasteiger partial charge in [0.2, 0.25) is 0 Å². The zero-order valence-corrected chi connectivity index (χ0v) is 8.99. The summed E-state index contributed by atoms with van der Waals surface area (Å²) in [5.41, 5.74) is 0. The van der Waals surface area contributed by atoms with Gasteiger partial charge in [-0.15, -0.1) is 0 Å². The fourth-order valence-electron chi connectivity index (χ4n) is 0.963. The van der Waals surface area contributed by atoms with E-state index in [1.54, 1.807) is 0 Å². The van der Waals surface area contributed by atoms with Gasteiger partial charge in [0.15, 0.2) is 0 Å². The lowest BCUT2D eigenvalue weighted by molar-refractivity contribution is 0.239. The van der Waals surface area contributed by atoms with Crippen LogP contribution in [0.3, 0.4) is 0 Å². The van der Waals surface area contributed by atoms with Crippen molar-refractivity contribution in [1.29, 1.82) is 0 Å². The number of aliphatic hydroxyl groups is 1. The smallest absolute Gasteiger partial charge is 0.0584 e. The molecule has 0 heterocycles. The summed E-state index contributed by atoms with van der Waals surface area (Å²) in [6, 6.07) is 0.302. The highest BCUT2D eigenvalue weighted by Crippen LogP contribution is 2.00. The lowest BCUT2D eigenvalue weighted by Gasteiger charge is -2.13. The maximum absolute atomic E-state index is 8.86. The maximum Gasteiger partial charge on any atom is 0.0584 e. The minimum atomic E-state index is 0.261. The number of aliphatic hydroxyl groups excluding tert-OH is 1. The fraction of sp³-hybridized carbons (Fsp3) is 1.00. The van der Waals surface area contributed by atoms with Crippen LogP contribution in [-0.2, 0) is 0 Å². The van der Waals surface area contributed by atoms with E-state index in [9.17, 15) is 0 Å². The summed E-state index contributed by atoms with van der Waals surface area (Å²) in [6.45, 7) is 5.57. The molecule has 0 aliphatic rings. The Morgan fingerprint density at radius 2 is 2.17 bits per heavy atom. The first kappa shape index (κ1) is 12.3. The Morgan fingerprint density at radius 3 is 2.67 bits per heavy atom. The molecular formula is C9H21NOS. The van der Waals surface area contributed by atoms with Gasteiger partial charge in [0.25, 0.3) is 0 Å². The predicted octanol–water partition coefficient (Wildman–Crippen LogP) is 1.49. The van der Waals surface area contributed by atoms with E-state index in [4.69, 9.17) is 5.11 Å². The van der Waals surface area contributed by atoms with Crippen LogP contribution in [0.4, 0.5) is 0 Å². The molecule has 0 unspecified atom stereocenters. The molecule has 0 aromatic carbocycles. The summed E-state index contributed by atoms with van der Waals surface area (Å²) in [7, 11) is 0. The second kappa shape index (κ2) is 9.36. The minimum absolute atomic E-state index is 0.261. The summed E-state index contributed by atoms with van der Waals surface area (Å²) >= 11 is 1.97. The predicted molar refractivity (Wildman–Crippen MR) is 56.8 cm³/mol. The van der Waals surface area contributed by atoms with Crippen molar-refractivity contribution in [1.82, 2.24) is 5.32 Å². The molecule has 0 radical (unpaired) electrons. The molecular weight excluding hydrogens is 170 g/mol. The SMILES string of the molecule is CCSCCCN[C@@H](CC)CO. The van der Waals surface area contributed by atoms with Gasteiger partial charge in [-0.25, -0.2) is 0 Å². The van der Waals surface area contributed by atoms with E-state index in [1.807, 2.05) is 11.8 Å². The summed E-state index contributed by atoms with van der Waals surface area (Å²) in [6.07, 6.45) is 2.21. The molecule has 0 aromatic heterocycles. The molecule has 2 N–H and O–H groups in total. The number of thioether (sulfide) groups is 1. The van der Waals surface area contributed by atoms with Crippen LogP contribution < -0.4 is 5.32 Å². The molecule has 0 fully saturated rings. The third-order valence-electron chi connectivity index (χ3n) is 1.82. The van der Waals surface area contributed by atoms with Gasteiger partial charge in [0.1, 0.15) is 0 Å². The normalized spacial score (nSPS) is 13.2. The van der Waals surface area contributed by atoms with E-state index in [2.05, 4.69) is 19.2 Å². The molecule has 12 heavy (non-hydrogen) atoms. The molecule has 0 spiro atoms. The second-order valence-electron chi connectivity index (χ2n) is 2.79. The fourth-order valence-corrected chi connectivity index (χ4v) is 1.60. The molecule has 0 aromatic rings. The Hall–Kier alpha value is 0.270. The van der Waals surface area contributed by atoms with E-state index in [-0.39, 0.29) is 6.61 Å². The van der Waals surface area contributed by atoms with Gasteiger partial charge < -0.3 is 10.4 Å². The van der Waals surface area contributed by atoms with Crippen molar-refractivity contribution in [3.05, 3.63) is 0 Å². The zero-order valence-electron chi connectivity index (χ0n) is 8.18. The Bertz CT molecular complexity index is 86.6. The van der Waals surface area contributed by atoms with Crippen molar-refractivity contribution in [3.8, 4) is 0 Å². The molecule has 0 saturated carbocycles. The van der Waals surface area contributed by atoms with E-state index < -0.39 is 0 Å². The zero-order chi connectivity index (χ0) is 9.23. The maximum atomic E-state index is 8.86. The summed E-state index contributed by atoms with van der Waals surface area (Å²) in [5, 5.41) is 12.2. The molecule has 0 bridgehead atoms. The molecule has 1 atom stereocenters. The van der Waals surface area contributed by atoms with E-state index in [0.29, 0.717) is 6.04 Å². The van der Waals surface area contributed by atoms with Crippen LogP contribution in [0, 0.1) is 0 Å². The molecule has 3 heteroatoms. The van der Waals surface area contributed by atoms with E-state index >= 15 is 0 Å². The third kappa shape index (κ3) is 6.95. The van der Waals surface area contributed by atoms with Crippen LogP contribution in [0.5, 0.6) is 0 Å². The van der Waals surface area contributed by atoms with Crippen LogP contribution in [0.1, 0.15) is 26.7 Å². The monoisotopic (exact) mass is 191 g/mol. The van der Waals surface area contributed by atoms with Gasteiger partial charge in [-0.2, -0.15) is 11.8 Å². The molecule has 2 nitrogen and oxygen atoms in total. The number of rotatable bonds is 8. The first-order valence-corrected chi connectivity index (χ1v) is 5.92. The molecule has 0 aliphatic carbocycles. The minimum Gasteiger partial charge on any atom is -0.395 e. The van der Waals surface area contributed by atoms with Crippen molar-refractivity contribution in [3.63, 3.8) is 0 Å². The van der Waals surface area contributed by atoms with E-state index in [1.165, 1.54) is 17.9 Å². The highest BCUT2D eigenvalue weighted by Gasteiger charge is 2.01. The Morgan fingerprint density at radius 1 is 1.42 bits per heavy atom. The van der Waals surface area contributed by atoms with Crippen LogP contribution in [0.2, 0.25) is 0 Å². The van der Waals surface area contributed by atoms with Gasteiger partial charge in [-0.05, 0) is 30.9 Å². The summed E-state index contributed by atoms with van der Waals surface area (Å²) < 4.78 is 0. The first-order valence-electron chi connectivity index (χ1n) is 4.77. The quantitative estimate of drug-likeness (QED) is 0.570. The van der Waals surface area contributed by atoms with Crippen molar-refractivity contribution >= 4 is 11.8 Å². The average molecular weight is 191 g/mol. The molecule has 0 rings (SSSR count). The number of hydrogen-bond donors (Lipinski definition) is 2. The van der Waals surface area contributed by atoms with Gasteiger partial charge in [-0.1, -0.05) is 13.8 Å². The number of hydrogen-bond acceptors (Lipinski definition) is 3. The molecule has 0 aliphatic heterocycles. The average Bonchev–Trinajstić information content (AvgIpc) is 2.11. The largest absolute Gasteiger partial charge is 0.395 e. The van der Waals surface area contributed by atoms with Crippen molar-refractivity contribution < 1.29 is 5.11 Å². The Balaban J connectivity index is 3.06. The summed E-state index contributed by atoms with van der Waals surface area (Å²) in [4.78, 5) is 0. The lowest BCUT2D eigenvalue weighted by atomic mass is 10.2. The summed E-state index contributed by atoms with van der Waals surface area (Å²) in [5.74, 6) is 2.43. The van der Waals surface area contributed by atoms with Crippen molar-refractivity contribution in [2.45, 2.75) is 32.7 Å². The van der Waals surface area contributed by atoms with Gasteiger partial charge in [0.05, 0.1) is 6.61 Å². The van der Waals surface area contributed by atoms with Crippen LogP contribution in [0.25, 0.3) is 0 Å². The van der Waals surface area contributed by atoms with Gasteiger partial charge in [0, 0.05) is 6.04 Å². The van der Waals surface area contributed by atoms with Crippen LogP contribution in [0.15, 0.2) is 0 Å². The van der Waals surface area contributed by atoms with Crippen LogP contribution >= 0.6 is 11.8 Å². The highest BCUT2D eigenvalue weighted by atomic mass is 32.2. The van der Waals surface area contributed by atoms with E-state index in [0.717, 1.165) is 13.0 Å². The van der Waals surface area contributed by atoms with Crippen molar-refractivity contribution in [2.75, 3.05) is 24.7 Å². The Labute approximate surface area is 80.1 Å². The third-order valence-corrected chi connectivity index (χ3v) is 2.80. The van der Waals surface area contributed by atoms with Gasteiger partial charge >= 0.3 is 0 Å². The highest BCUT2D eigenvalue weighted by molar-refractivity contribution is 7.99. The lowest BCUT2D eigenvalue weighted by Crippen LogP contribution is -2.32. The molecule has 0 saturated heterocycles. The van der Waals surface area contributed by atoms with Crippen molar-refractivity contribution in [2.24, 2.45) is 0 Å². The first-order chi connectivity index (χ1) is 5.85.